The van der Waals surface area contributed by atoms with E-state index in [1.165, 1.54) is 6.20 Å². The number of aromatic nitrogens is 2. The molecule has 0 spiro atoms. The van der Waals surface area contributed by atoms with Crippen molar-refractivity contribution in [1.82, 2.24) is 9.55 Å². The molecular weight excluding hydrogens is 219 g/mol. The van der Waals surface area contributed by atoms with E-state index in [0.717, 1.165) is 4.60 Å². The van der Waals surface area contributed by atoms with E-state index in [1.807, 2.05) is 0 Å². The van der Waals surface area contributed by atoms with Gasteiger partial charge in [0.1, 0.15) is 4.60 Å². The van der Waals surface area contributed by atoms with Gasteiger partial charge in [-0.25, -0.2) is 4.98 Å². The number of carbonyl (C=O) groups is 1. The van der Waals surface area contributed by atoms with Crippen LogP contribution in [0, 0.1) is 0 Å². The third-order valence-corrected chi connectivity index (χ3v) is 2.01. The van der Waals surface area contributed by atoms with Crippen LogP contribution >= 0.6 is 27.5 Å². The maximum atomic E-state index is 10.5. The van der Waals surface area contributed by atoms with Crippen LogP contribution in [0.25, 0.3) is 0 Å². The van der Waals surface area contributed by atoms with E-state index < -0.39 is 5.24 Å². The quantitative estimate of drug-likeness (QED) is 0.677. The van der Waals surface area contributed by atoms with Gasteiger partial charge < -0.3 is 4.57 Å². The minimum Gasteiger partial charge on any atom is -0.318 e. The molecule has 0 aliphatic heterocycles. The molecule has 1 aromatic heterocycles. The summed E-state index contributed by atoms with van der Waals surface area (Å²) >= 11 is 8.35. The summed E-state index contributed by atoms with van der Waals surface area (Å²) in [5.74, 6) is 0.244. The summed E-state index contributed by atoms with van der Waals surface area (Å²) in [4.78, 5) is 14.3. The van der Waals surface area contributed by atoms with Crippen LogP contribution in [0.1, 0.15) is 10.6 Å². The van der Waals surface area contributed by atoms with Crippen molar-refractivity contribution in [3.63, 3.8) is 0 Å². The number of hydrogen-bond acceptors (Lipinski definition) is 2. The van der Waals surface area contributed by atoms with Crippen molar-refractivity contribution in [3.05, 3.63) is 16.6 Å². The Morgan fingerprint density at radius 1 is 1.90 bits per heavy atom. The smallest absolute Gasteiger partial charge is 0.288 e. The Hall–Kier alpha value is -0.350. The molecule has 5 heteroatoms. The highest BCUT2D eigenvalue weighted by molar-refractivity contribution is 9.10. The normalized spacial score (nSPS) is 9.90. The van der Waals surface area contributed by atoms with Crippen molar-refractivity contribution < 1.29 is 4.79 Å². The average molecular weight is 223 g/mol. The Balaban J connectivity index is 3.17. The molecule has 0 aliphatic carbocycles. The fourth-order valence-electron chi connectivity index (χ4n) is 0.571. The summed E-state index contributed by atoms with van der Waals surface area (Å²) in [5.41, 5.74) is 0. The topological polar surface area (TPSA) is 34.9 Å². The first kappa shape index (κ1) is 7.75. The number of carbonyl (C=O) groups excluding carboxylic acids is 1. The molecule has 1 aromatic rings. The van der Waals surface area contributed by atoms with Gasteiger partial charge in [-0.3, -0.25) is 4.79 Å². The van der Waals surface area contributed by atoms with Crippen LogP contribution in [0.3, 0.4) is 0 Å². The second-order valence-corrected chi connectivity index (χ2v) is 2.89. The maximum absolute atomic E-state index is 10.5. The lowest BCUT2D eigenvalue weighted by atomic mass is 10.7. The van der Waals surface area contributed by atoms with Gasteiger partial charge in [0.05, 0.1) is 6.20 Å². The molecule has 1 rings (SSSR count). The third-order valence-electron chi connectivity index (χ3n) is 1.11. The first-order chi connectivity index (χ1) is 4.63. The molecule has 0 N–H and O–H groups in total. The van der Waals surface area contributed by atoms with Crippen LogP contribution in [-0.4, -0.2) is 14.8 Å². The SMILES string of the molecule is Cn1c(Br)cnc1C(=O)Cl. The molecule has 0 aliphatic rings. The summed E-state index contributed by atoms with van der Waals surface area (Å²) in [6.07, 6.45) is 1.52. The molecule has 1 heterocycles. The van der Waals surface area contributed by atoms with Gasteiger partial charge in [-0.05, 0) is 27.5 Å². The predicted molar refractivity (Wildman–Crippen MR) is 41.1 cm³/mol. The molecule has 0 fully saturated rings. The lowest BCUT2D eigenvalue weighted by Crippen LogP contribution is -2.00. The summed E-state index contributed by atoms with van der Waals surface area (Å²) in [7, 11) is 1.70. The summed E-state index contributed by atoms with van der Waals surface area (Å²) in [6.45, 7) is 0. The van der Waals surface area contributed by atoms with Crippen LogP contribution in [0.5, 0.6) is 0 Å². The highest BCUT2D eigenvalue weighted by atomic mass is 79.9. The van der Waals surface area contributed by atoms with Gasteiger partial charge in [0, 0.05) is 7.05 Å². The monoisotopic (exact) mass is 222 g/mol. The fraction of sp³-hybridized carbons (Fsp3) is 0.200. The lowest BCUT2D eigenvalue weighted by Gasteiger charge is -1.94. The number of nitrogens with zero attached hydrogens (tertiary/aromatic N) is 2. The van der Waals surface area contributed by atoms with Crippen molar-refractivity contribution >= 4 is 32.8 Å². The first-order valence-electron chi connectivity index (χ1n) is 2.50. The molecule has 0 saturated heterocycles. The van der Waals surface area contributed by atoms with Gasteiger partial charge in [0.2, 0.25) is 0 Å². The summed E-state index contributed by atoms with van der Waals surface area (Å²) in [6, 6.07) is 0. The standard InChI is InChI=1S/C5H4BrClN2O/c1-9-3(6)2-8-5(9)4(7)10/h2H,1H3. The molecule has 0 bridgehead atoms. The second-order valence-electron chi connectivity index (χ2n) is 1.74. The van der Waals surface area contributed by atoms with E-state index in [4.69, 9.17) is 11.6 Å². The molecule has 0 aromatic carbocycles. The Morgan fingerprint density at radius 3 is 2.70 bits per heavy atom. The zero-order valence-corrected chi connectivity index (χ0v) is 7.48. The summed E-state index contributed by atoms with van der Waals surface area (Å²) < 4.78 is 2.30. The van der Waals surface area contributed by atoms with Gasteiger partial charge in [-0.1, -0.05) is 0 Å². The fourth-order valence-corrected chi connectivity index (χ4v) is 1.02. The Morgan fingerprint density at radius 2 is 2.50 bits per heavy atom. The molecule has 0 radical (unpaired) electrons. The number of hydrogen-bond donors (Lipinski definition) is 0. The van der Waals surface area contributed by atoms with Crippen LogP contribution in [0.4, 0.5) is 0 Å². The minimum atomic E-state index is -0.548. The molecule has 10 heavy (non-hydrogen) atoms. The molecule has 0 unspecified atom stereocenters. The van der Waals surface area contributed by atoms with Crippen LogP contribution < -0.4 is 0 Å². The van der Waals surface area contributed by atoms with Gasteiger partial charge in [-0.2, -0.15) is 0 Å². The van der Waals surface area contributed by atoms with Gasteiger partial charge in [-0.15, -0.1) is 0 Å². The summed E-state index contributed by atoms with van der Waals surface area (Å²) in [5, 5.41) is -0.548. The molecule has 0 saturated carbocycles. The van der Waals surface area contributed by atoms with Gasteiger partial charge >= 0.3 is 0 Å². The zero-order valence-electron chi connectivity index (χ0n) is 5.14. The molecule has 54 valence electrons. The van der Waals surface area contributed by atoms with E-state index in [1.54, 1.807) is 11.6 Å². The first-order valence-corrected chi connectivity index (χ1v) is 3.67. The van der Waals surface area contributed by atoms with Gasteiger partial charge in [0.25, 0.3) is 5.24 Å². The average Bonchev–Trinajstić information content (AvgIpc) is 2.14. The number of halogens is 2. The van der Waals surface area contributed by atoms with Crippen LogP contribution in [0.2, 0.25) is 0 Å². The minimum absolute atomic E-state index is 0.244. The van der Waals surface area contributed by atoms with Crippen LogP contribution in [0.15, 0.2) is 10.8 Å². The molecule has 0 atom stereocenters. The van der Waals surface area contributed by atoms with Crippen molar-refractivity contribution in [3.8, 4) is 0 Å². The van der Waals surface area contributed by atoms with E-state index in [9.17, 15) is 4.79 Å². The third kappa shape index (κ3) is 1.22. The highest BCUT2D eigenvalue weighted by Gasteiger charge is 2.09. The molecule has 3 nitrogen and oxygen atoms in total. The van der Waals surface area contributed by atoms with Crippen LogP contribution in [-0.2, 0) is 7.05 Å². The number of imidazole rings is 1. The Bertz CT molecular complexity index is 271. The Labute approximate surface area is 71.1 Å². The van der Waals surface area contributed by atoms with E-state index in [0.29, 0.717) is 0 Å². The molecule has 0 amide bonds. The lowest BCUT2D eigenvalue weighted by molar-refractivity contribution is 0.106. The second kappa shape index (κ2) is 2.72. The Kier molecular flexibility index (Phi) is 2.11. The van der Waals surface area contributed by atoms with Crippen molar-refractivity contribution in [1.29, 1.82) is 0 Å². The van der Waals surface area contributed by atoms with Crippen molar-refractivity contribution in [2.75, 3.05) is 0 Å². The maximum Gasteiger partial charge on any atom is 0.288 e. The van der Waals surface area contributed by atoms with E-state index in [-0.39, 0.29) is 5.82 Å². The van der Waals surface area contributed by atoms with Crippen molar-refractivity contribution in [2.24, 2.45) is 7.05 Å². The highest BCUT2D eigenvalue weighted by Crippen LogP contribution is 2.11. The van der Waals surface area contributed by atoms with Gasteiger partial charge in [0.15, 0.2) is 5.82 Å². The van der Waals surface area contributed by atoms with E-state index >= 15 is 0 Å². The van der Waals surface area contributed by atoms with Crippen molar-refractivity contribution in [2.45, 2.75) is 0 Å². The largest absolute Gasteiger partial charge is 0.318 e. The van der Waals surface area contributed by atoms with E-state index in [2.05, 4.69) is 20.9 Å². The number of rotatable bonds is 1. The zero-order chi connectivity index (χ0) is 7.72. The predicted octanol–water partition coefficient (Wildman–Crippen LogP) is 1.56. The molecular formula is C5H4BrClN2O.